The molecular formula is C32H32N2O4. The predicted molar refractivity (Wildman–Crippen MR) is 152 cm³/mol. The van der Waals surface area contributed by atoms with Crippen molar-refractivity contribution in [2.75, 3.05) is 13.2 Å². The average molecular weight is 509 g/mol. The van der Waals surface area contributed by atoms with Crippen LogP contribution in [0.5, 0.6) is 11.5 Å². The first-order valence-corrected chi connectivity index (χ1v) is 13.2. The smallest absolute Gasteiger partial charge is 0.220 e. The first-order chi connectivity index (χ1) is 18.3. The molecule has 4 aromatic rings. The van der Waals surface area contributed by atoms with E-state index in [1.165, 1.54) is 0 Å². The largest absolute Gasteiger partial charge is 0.506 e. The quantitative estimate of drug-likeness (QED) is 0.315. The molecule has 0 fully saturated rings. The van der Waals surface area contributed by atoms with E-state index in [9.17, 15) is 10.2 Å². The summed E-state index contributed by atoms with van der Waals surface area (Å²) in [5.74, 6) is 1.55. The minimum absolute atomic E-state index is 0.0267. The van der Waals surface area contributed by atoms with Gasteiger partial charge in [0.1, 0.15) is 24.7 Å². The van der Waals surface area contributed by atoms with Crippen LogP contribution in [0.2, 0.25) is 0 Å². The third-order valence-corrected chi connectivity index (χ3v) is 7.64. The monoisotopic (exact) mass is 508 g/mol. The van der Waals surface area contributed by atoms with E-state index in [-0.39, 0.29) is 23.6 Å². The molecular weight excluding hydrogens is 476 g/mol. The molecule has 0 saturated heterocycles. The molecule has 0 aliphatic carbocycles. The van der Waals surface area contributed by atoms with Crippen LogP contribution in [-0.4, -0.2) is 47.3 Å². The van der Waals surface area contributed by atoms with Gasteiger partial charge >= 0.3 is 0 Å². The number of ether oxygens (including phenoxy) is 2. The maximum absolute atomic E-state index is 11.8. The van der Waals surface area contributed by atoms with Gasteiger partial charge in [-0.3, -0.25) is 0 Å². The van der Waals surface area contributed by atoms with E-state index < -0.39 is 0 Å². The van der Waals surface area contributed by atoms with Gasteiger partial charge in [0.05, 0.1) is 23.2 Å². The van der Waals surface area contributed by atoms with E-state index in [2.05, 4.69) is 27.7 Å². The molecule has 2 atom stereocenters. The van der Waals surface area contributed by atoms with Crippen molar-refractivity contribution in [1.82, 2.24) is 0 Å². The number of aliphatic imine (C=N–C) groups is 2. The zero-order chi connectivity index (χ0) is 26.6. The number of benzene rings is 4. The molecule has 38 heavy (non-hydrogen) atoms. The normalized spacial score (nSPS) is 19.2. The summed E-state index contributed by atoms with van der Waals surface area (Å²) in [5, 5.41) is 27.2. The molecule has 2 N–H and O–H groups in total. The molecule has 0 bridgehead atoms. The average Bonchev–Trinajstić information content (AvgIpc) is 3.60. The standard InChI is InChI=1S/C32H32N2O4/c1-17(2)25-15-37-31(33-25)23-13-19-9-5-7-11-21(19)27(29(23)35)28-22-12-8-6-10-20(22)14-24(30(28)36)32-34-26(16-38-32)18(3)4/h5-14,17-18,25-26,35-36H,15-16H2,1-4H3. The maximum atomic E-state index is 11.8. The molecule has 4 aromatic carbocycles. The summed E-state index contributed by atoms with van der Waals surface area (Å²) >= 11 is 0. The fourth-order valence-electron chi connectivity index (χ4n) is 5.26. The van der Waals surface area contributed by atoms with E-state index in [1.807, 2.05) is 60.7 Å². The summed E-state index contributed by atoms with van der Waals surface area (Å²) in [6.45, 7) is 9.40. The summed E-state index contributed by atoms with van der Waals surface area (Å²) in [4.78, 5) is 9.57. The summed E-state index contributed by atoms with van der Waals surface area (Å²) in [5.41, 5.74) is 2.11. The molecule has 0 aromatic heterocycles. The summed E-state index contributed by atoms with van der Waals surface area (Å²) in [6.07, 6.45) is 0. The molecule has 194 valence electrons. The van der Waals surface area contributed by atoms with Crippen molar-refractivity contribution >= 4 is 33.3 Å². The number of phenolic OH excluding ortho intramolecular Hbond substituents is 2. The number of hydrogen-bond donors (Lipinski definition) is 2. The van der Waals surface area contributed by atoms with Gasteiger partial charge in [-0.05, 0) is 45.5 Å². The lowest BCUT2D eigenvalue weighted by atomic mass is 9.88. The molecule has 2 unspecified atom stereocenters. The molecule has 2 aliphatic rings. The SMILES string of the molecule is CC(C)C1COC(c2cc3ccccc3c(-c3c(O)c(C4=NC(C(C)C)CO4)cc4ccccc34)c2O)=N1. The topological polar surface area (TPSA) is 83.6 Å². The van der Waals surface area contributed by atoms with Crippen LogP contribution in [0.25, 0.3) is 32.7 Å². The Morgan fingerprint density at radius 2 is 1.05 bits per heavy atom. The highest BCUT2D eigenvalue weighted by Gasteiger charge is 2.30. The number of fused-ring (bicyclic) bond motifs is 2. The summed E-state index contributed by atoms with van der Waals surface area (Å²) in [7, 11) is 0. The highest BCUT2D eigenvalue weighted by Crippen LogP contribution is 2.48. The Bertz CT molecular complexity index is 1500. The van der Waals surface area contributed by atoms with Crippen LogP contribution < -0.4 is 0 Å². The van der Waals surface area contributed by atoms with Gasteiger partial charge in [0.25, 0.3) is 0 Å². The van der Waals surface area contributed by atoms with Gasteiger partial charge in [0.2, 0.25) is 11.8 Å². The Kier molecular flexibility index (Phi) is 5.98. The van der Waals surface area contributed by atoms with Crippen molar-refractivity contribution in [3.05, 3.63) is 71.8 Å². The van der Waals surface area contributed by atoms with Crippen LogP contribution >= 0.6 is 0 Å². The molecule has 6 heteroatoms. The molecule has 0 spiro atoms. The number of rotatable bonds is 5. The molecule has 2 aliphatic heterocycles. The van der Waals surface area contributed by atoms with Crippen molar-refractivity contribution in [3.8, 4) is 22.6 Å². The zero-order valence-corrected chi connectivity index (χ0v) is 22.1. The molecule has 0 amide bonds. The Labute approximate surface area is 222 Å². The third-order valence-electron chi connectivity index (χ3n) is 7.64. The molecule has 6 nitrogen and oxygen atoms in total. The van der Waals surface area contributed by atoms with Gasteiger partial charge in [-0.2, -0.15) is 0 Å². The lowest BCUT2D eigenvalue weighted by molar-refractivity contribution is 0.291. The summed E-state index contributed by atoms with van der Waals surface area (Å²) in [6, 6.07) is 19.6. The van der Waals surface area contributed by atoms with Gasteiger partial charge in [0.15, 0.2) is 0 Å². The van der Waals surface area contributed by atoms with Gasteiger partial charge < -0.3 is 19.7 Å². The Balaban J connectivity index is 1.65. The van der Waals surface area contributed by atoms with Gasteiger partial charge in [-0.1, -0.05) is 76.2 Å². The maximum Gasteiger partial charge on any atom is 0.220 e. The number of phenols is 2. The van der Waals surface area contributed by atoms with Crippen molar-refractivity contribution in [3.63, 3.8) is 0 Å². The second kappa shape index (κ2) is 9.35. The van der Waals surface area contributed by atoms with Crippen LogP contribution in [0.3, 0.4) is 0 Å². The molecule has 6 rings (SSSR count). The Morgan fingerprint density at radius 3 is 1.42 bits per heavy atom. The predicted octanol–water partition coefficient (Wildman–Crippen LogP) is 6.67. The number of hydrogen-bond acceptors (Lipinski definition) is 6. The van der Waals surface area contributed by atoms with Crippen molar-refractivity contribution in [1.29, 1.82) is 0 Å². The van der Waals surface area contributed by atoms with Crippen LogP contribution in [0, 0.1) is 11.8 Å². The van der Waals surface area contributed by atoms with Crippen molar-refractivity contribution in [2.45, 2.75) is 39.8 Å². The van der Waals surface area contributed by atoms with E-state index in [1.54, 1.807) is 0 Å². The van der Waals surface area contributed by atoms with E-state index in [0.717, 1.165) is 21.5 Å². The number of aromatic hydroxyl groups is 2. The van der Waals surface area contributed by atoms with Crippen LogP contribution in [0.1, 0.15) is 38.8 Å². The lowest BCUT2D eigenvalue weighted by Crippen LogP contribution is -2.13. The third kappa shape index (κ3) is 3.95. The van der Waals surface area contributed by atoms with E-state index >= 15 is 0 Å². The van der Waals surface area contributed by atoms with Crippen molar-refractivity contribution < 1.29 is 19.7 Å². The first-order valence-electron chi connectivity index (χ1n) is 13.2. The Morgan fingerprint density at radius 1 is 0.658 bits per heavy atom. The molecule has 0 radical (unpaired) electrons. The fraction of sp³-hybridized carbons (Fsp3) is 0.312. The fourth-order valence-corrected chi connectivity index (χ4v) is 5.26. The first kappa shape index (κ1) is 24.3. The van der Waals surface area contributed by atoms with Crippen LogP contribution in [0.4, 0.5) is 0 Å². The second-order valence-corrected chi connectivity index (χ2v) is 10.9. The molecule has 0 saturated carbocycles. The highest BCUT2D eigenvalue weighted by molar-refractivity contribution is 6.16. The van der Waals surface area contributed by atoms with Crippen LogP contribution in [-0.2, 0) is 9.47 Å². The Hall–Kier alpha value is -4.06. The minimum atomic E-state index is 0.0267. The van der Waals surface area contributed by atoms with Crippen LogP contribution in [0.15, 0.2) is 70.6 Å². The van der Waals surface area contributed by atoms with Crippen molar-refractivity contribution in [2.24, 2.45) is 21.8 Å². The van der Waals surface area contributed by atoms with E-state index in [4.69, 9.17) is 19.5 Å². The van der Waals surface area contributed by atoms with Gasteiger partial charge in [-0.25, -0.2) is 9.98 Å². The minimum Gasteiger partial charge on any atom is -0.506 e. The summed E-state index contributed by atoms with van der Waals surface area (Å²) < 4.78 is 12.0. The second-order valence-electron chi connectivity index (χ2n) is 10.9. The van der Waals surface area contributed by atoms with Gasteiger partial charge in [-0.15, -0.1) is 0 Å². The molecule has 2 heterocycles. The van der Waals surface area contributed by atoms with E-state index in [0.29, 0.717) is 59.1 Å². The van der Waals surface area contributed by atoms with Gasteiger partial charge in [0, 0.05) is 11.1 Å². The highest BCUT2D eigenvalue weighted by atomic mass is 16.5. The lowest BCUT2D eigenvalue weighted by Gasteiger charge is -2.18. The zero-order valence-electron chi connectivity index (χ0n) is 22.1. The number of nitrogens with zero attached hydrogens (tertiary/aromatic N) is 2.